The number of ether oxygens (including phenoxy) is 1. The zero-order chi connectivity index (χ0) is 17.9. The van der Waals surface area contributed by atoms with Gasteiger partial charge in [-0.25, -0.2) is 0 Å². The Morgan fingerprint density at radius 2 is 1.72 bits per heavy atom. The zero-order valence-corrected chi connectivity index (χ0v) is 14.8. The summed E-state index contributed by atoms with van der Waals surface area (Å²) in [6, 6.07) is 19.2. The second-order valence-corrected chi connectivity index (χ2v) is 6.04. The Morgan fingerprint density at radius 3 is 2.36 bits per heavy atom. The molecule has 134 valence electrons. The van der Waals surface area contributed by atoms with Gasteiger partial charge in [0.25, 0.3) is 0 Å². The number of aliphatic hydroxyl groups excluding tert-OH is 1. The van der Waals surface area contributed by atoms with Gasteiger partial charge in [-0.05, 0) is 18.4 Å². The molecule has 25 heavy (non-hydrogen) atoms. The monoisotopic (exact) mass is 341 g/mol. The van der Waals surface area contributed by atoms with E-state index >= 15 is 0 Å². The Kier molecular flexibility index (Phi) is 8.32. The van der Waals surface area contributed by atoms with Gasteiger partial charge in [-0.15, -0.1) is 0 Å². The van der Waals surface area contributed by atoms with Crippen LogP contribution < -0.4 is 0 Å². The fourth-order valence-corrected chi connectivity index (χ4v) is 2.63. The molecule has 0 spiro atoms. The second-order valence-electron chi connectivity index (χ2n) is 6.04. The molecule has 2 aromatic carbocycles. The minimum absolute atomic E-state index is 0.0262. The number of benzene rings is 2. The Balaban J connectivity index is 1.77. The molecule has 0 aliphatic heterocycles. The van der Waals surface area contributed by atoms with Crippen LogP contribution in [0.4, 0.5) is 0 Å². The van der Waals surface area contributed by atoms with Crippen LogP contribution in [0.5, 0.6) is 0 Å². The molecule has 0 fully saturated rings. The average Bonchev–Trinajstić information content (AvgIpc) is 2.67. The summed E-state index contributed by atoms with van der Waals surface area (Å²) < 4.78 is 5.68. The average molecular weight is 341 g/mol. The van der Waals surface area contributed by atoms with Crippen LogP contribution >= 0.6 is 0 Å². The maximum absolute atomic E-state index is 12.4. The van der Waals surface area contributed by atoms with Crippen molar-refractivity contribution < 1.29 is 14.6 Å². The highest BCUT2D eigenvalue weighted by atomic mass is 16.5. The summed E-state index contributed by atoms with van der Waals surface area (Å²) in [6.45, 7) is 3.94. The normalized spacial score (nSPS) is 12.3. The smallest absolute Gasteiger partial charge is 0.176 e. The van der Waals surface area contributed by atoms with E-state index in [0.717, 1.165) is 12.0 Å². The molecule has 0 aliphatic rings. The SMILES string of the molecule is CCC(O)N(CCCOCc1ccccc1)CC(=O)c1ccccc1. The number of rotatable bonds is 11. The van der Waals surface area contributed by atoms with Gasteiger partial charge in [0, 0.05) is 18.7 Å². The van der Waals surface area contributed by atoms with Crippen molar-refractivity contribution >= 4 is 5.78 Å². The summed E-state index contributed by atoms with van der Waals surface area (Å²) in [5.41, 5.74) is 1.82. The summed E-state index contributed by atoms with van der Waals surface area (Å²) >= 11 is 0. The Hall–Kier alpha value is -2.01. The van der Waals surface area contributed by atoms with Gasteiger partial charge in [-0.1, -0.05) is 67.6 Å². The van der Waals surface area contributed by atoms with E-state index in [2.05, 4.69) is 0 Å². The van der Waals surface area contributed by atoms with Crippen molar-refractivity contribution in [2.75, 3.05) is 19.7 Å². The van der Waals surface area contributed by atoms with E-state index in [9.17, 15) is 9.90 Å². The van der Waals surface area contributed by atoms with E-state index in [1.54, 1.807) is 0 Å². The van der Waals surface area contributed by atoms with E-state index in [1.807, 2.05) is 72.5 Å². The van der Waals surface area contributed by atoms with Gasteiger partial charge in [-0.3, -0.25) is 9.69 Å². The predicted octanol–water partition coefficient (Wildman–Crippen LogP) is 3.51. The van der Waals surface area contributed by atoms with Crippen molar-refractivity contribution in [3.63, 3.8) is 0 Å². The predicted molar refractivity (Wildman–Crippen MR) is 99.4 cm³/mol. The summed E-state index contributed by atoms with van der Waals surface area (Å²) in [5.74, 6) is 0.0262. The molecule has 0 bridgehead atoms. The quantitative estimate of drug-likeness (QED) is 0.386. The molecular formula is C21H27NO3. The van der Waals surface area contributed by atoms with Gasteiger partial charge in [0.05, 0.1) is 13.2 Å². The number of carbonyl (C=O) groups is 1. The molecule has 1 atom stereocenters. The molecule has 2 aromatic rings. The molecule has 1 N–H and O–H groups in total. The molecule has 1 unspecified atom stereocenters. The Bertz CT molecular complexity index is 616. The van der Waals surface area contributed by atoms with Crippen LogP contribution in [0.15, 0.2) is 60.7 Å². The third-order valence-corrected chi connectivity index (χ3v) is 4.07. The number of nitrogens with zero attached hydrogens (tertiary/aromatic N) is 1. The summed E-state index contributed by atoms with van der Waals surface area (Å²) in [6.07, 6.45) is 0.751. The third-order valence-electron chi connectivity index (χ3n) is 4.07. The number of carbonyl (C=O) groups excluding carboxylic acids is 1. The molecule has 0 saturated carbocycles. The maximum atomic E-state index is 12.4. The molecule has 0 amide bonds. The molecule has 0 aliphatic carbocycles. The van der Waals surface area contributed by atoms with Crippen molar-refractivity contribution in [3.05, 3.63) is 71.8 Å². The van der Waals surface area contributed by atoms with Crippen molar-refractivity contribution in [1.29, 1.82) is 0 Å². The van der Waals surface area contributed by atoms with Gasteiger partial charge in [0.15, 0.2) is 5.78 Å². The number of hydrogen-bond donors (Lipinski definition) is 1. The van der Waals surface area contributed by atoms with E-state index in [1.165, 1.54) is 0 Å². The number of aliphatic hydroxyl groups is 1. The second kappa shape index (κ2) is 10.8. The fraction of sp³-hybridized carbons (Fsp3) is 0.381. The number of hydrogen-bond acceptors (Lipinski definition) is 4. The highest BCUT2D eigenvalue weighted by Crippen LogP contribution is 2.08. The molecule has 0 heterocycles. The largest absolute Gasteiger partial charge is 0.378 e. The lowest BCUT2D eigenvalue weighted by Crippen LogP contribution is -2.39. The van der Waals surface area contributed by atoms with E-state index in [0.29, 0.717) is 31.7 Å². The molecule has 4 nitrogen and oxygen atoms in total. The minimum atomic E-state index is -0.609. The van der Waals surface area contributed by atoms with Gasteiger partial charge < -0.3 is 9.84 Å². The van der Waals surface area contributed by atoms with Crippen LogP contribution in [0, 0.1) is 0 Å². The molecule has 0 aromatic heterocycles. The zero-order valence-electron chi connectivity index (χ0n) is 14.8. The lowest BCUT2D eigenvalue weighted by Gasteiger charge is -2.26. The van der Waals surface area contributed by atoms with Crippen LogP contribution in [-0.4, -0.2) is 41.7 Å². The van der Waals surface area contributed by atoms with Crippen LogP contribution in [0.2, 0.25) is 0 Å². The van der Waals surface area contributed by atoms with Crippen LogP contribution in [0.25, 0.3) is 0 Å². The molecular weight excluding hydrogens is 314 g/mol. The van der Waals surface area contributed by atoms with Crippen molar-refractivity contribution in [1.82, 2.24) is 4.90 Å². The van der Waals surface area contributed by atoms with E-state index < -0.39 is 6.23 Å². The first-order valence-electron chi connectivity index (χ1n) is 8.82. The van der Waals surface area contributed by atoms with E-state index in [-0.39, 0.29) is 12.3 Å². The molecule has 2 rings (SSSR count). The lowest BCUT2D eigenvalue weighted by atomic mass is 10.1. The van der Waals surface area contributed by atoms with Gasteiger partial charge >= 0.3 is 0 Å². The fourth-order valence-electron chi connectivity index (χ4n) is 2.63. The highest BCUT2D eigenvalue weighted by molar-refractivity contribution is 5.97. The molecule has 0 radical (unpaired) electrons. The first kappa shape index (κ1) is 19.3. The third kappa shape index (κ3) is 6.78. The first-order chi connectivity index (χ1) is 12.2. The maximum Gasteiger partial charge on any atom is 0.176 e. The number of ketones is 1. The van der Waals surface area contributed by atoms with Crippen molar-refractivity contribution in [2.24, 2.45) is 0 Å². The van der Waals surface area contributed by atoms with Crippen LogP contribution in [0.3, 0.4) is 0 Å². The van der Waals surface area contributed by atoms with Crippen molar-refractivity contribution in [3.8, 4) is 0 Å². The molecule has 0 saturated heterocycles. The van der Waals surface area contributed by atoms with Crippen LogP contribution in [0.1, 0.15) is 35.7 Å². The molecule has 4 heteroatoms. The first-order valence-corrected chi connectivity index (χ1v) is 8.82. The van der Waals surface area contributed by atoms with Gasteiger partial charge in [-0.2, -0.15) is 0 Å². The summed E-state index contributed by atoms with van der Waals surface area (Å²) in [7, 11) is 0. The number of Topliss-reactive ketones (excluding diaryl/α,β-unsaturated/α-hetero) is 1. The van der Waals surface area contributed by atoms with Gasteiger partial charge in [0.2, 0.25) is 0 Å². The minimum Gasteiger partial charge on any atom is -0.378 e. The van der Waals surface area contributed by atoms with Crippen molar-refractivity contribution in [2.45, 2.75) is 32.6 Å². The highest BCUT2D eigenvalue weighted by Gasteiger charge is 2.18. The summed E-state index contributed by atoms with van der Waals surface area (Å²) in [4.78, 5) is 14.2. The topological polar surface area (TPSA) is 49.8 Å². The Labute approximate surface area is 150 Å². The lowest BCUT2D eigenvalue weighted by molar-refractivity contribution is -0.00257. The van der Waals surface area contributed by atoms with Gasteiger partial charge in [0.1, 0.15) is 6.23 Å². The Morgan fingerprint density at radius 1 is 1.08 bits per heavy atom. The summed E-state index contributed by atoms with van der Waals surface area (Å²) in [5, 5.41) is 10.2. The van der Waals surface area contributed by atoms with Crippen LogP contribution in [-0.2, 0) is 11.3 Å². The van der Waals surface area contributed by atoms with E-state index in [4.69, 9.17) is 4.74 Å². The standard InChI is InChI=1S/C21H27NO3/c1-2-21(24)22(16-20(23)19-12-7-4-8-13-19)14-9-15-25-17-18-10-5-3-6-11-18/h3-8,10-13,21,24H,2,9,14-17H2,1H3.